The average molecular weight is 316 g/mol. The second-order valence-electron chi connectivity index (χ2n) is 8.71. The third-order valence-electron chi connectivity index (χ3n) is 8.03. The standard InChI is InChI=1S/C20H28O3/c1-12(21)20(23)10-8-18-17-5-3-13-11-14(22)4-6-15(13)16(17)7-9-19(18,20)2/h11,15-18,23H,3-10H2,1-2H3/t15?,16-,17-,18+,19+,20+/m1/s1. The lowest BCUT2D eigenvalue weighted by Gasteiger charge is -2.55. The lowest BCUT2D eigenvalue weighted by Crippen LogP contribution is -2.55. The van der Waals surface area contributed by atoms with Crippen molar-refractivity contribution in [2.75, 3.05) is 0 Å². The van der Waals surface area contributed by atoms with E-state index in [9.17, 15) is 14.7 Å². The Hall–Kier alpha value is -0.960. The molecular formula is C20H28O3. The Morgan fingerprint density at radius 1 is 1.13 bits per heavy atom. The highest BCUT2D eigenvalue weighted by molar-refractivity contribution is 5.91. The minimum absolute atomic E-state index is 0.0411. The summed E-state index contributed by atoms with van der Waals surface area (Å²) in [5.41, 5.74) is 0.0402. The average Bonchev–Trinajstić information content (AvgIpc) is 2.80. The molecule has 0 aromatic rings. The fourth-order valence-electron chi connectivity index (χ4n) is 6.78. The van der Waals surface area contributed by atoms with Crippen molar-refractivity contribution in [2.24, 2.45) is 29.1 Å². The summed E-state index contributed by atoms with van der Waals surface area (Å²) in [6.45, 7) is 3.73. The number of aliphatic hydroxyl groups is 1. The molecule has 6 atom stereocenters. The number of Topliss-reactive ketones (excluding diaryl/α,β-unsaturated/α-hetero) is 1. The molecule has 0 spiro atoms. The van der Waals surface area contributed by atoms with Gasteiger partial charge in [-0.2, -0.15) is 0 Å². The number of carbonyl (C=O) groups is 2. The van der Waals surface area contributed by atoms with Gasteiger partial charge < -0.3 is 5.11 Å². The van der Waals surface area contributed by atoms with Gasteiger partial charge in [-0.1, -0.05) is 12.5 Å². The van der Waals surface area contributed by atoms with Gasteiger partial charge in [-0.15, -0.1) is 0 Å². The van der Waals surface area contributed by atoms with Gasteiger partial charge in [0.25, 0.3) is 0 Å². The summed E-state index contributed by atoms with van der Waals surface area (Å²) in [5.74, 6) is 2.60. The number of hydrogen-bond donors (Lipinski definition) is 1. The molecule has 3 fully saturated rings. The second-order valence-corrected chi connectivity index (χ2v) is 8.71. The highest BCUT2D eigenvalue weighted by Gasteiger charge is 2.64. The van der Waals surface area contributed by atoms with Gasteiger partial charge in [0.05, 0.1) is 0 Å². The van der Waals surface area contributed by atoms with Gasteiger partial charge in [0.15, 0.2) is 11.6 Å². The molecule has 3 saturated carbocycles. The minimum Gasteiger partial charge on any atom is -0.382 e. The molecule has 3 heteroatoms. The first-order valence-corrected chi connectivity index (χ1v) is 9.33. The Balaban J connectivity index is 1.65. The number of allylic oxidation sites excluding steroid dienone is 1. The molecule has 4 aliphatic carbocycles. The number of fused-ring (bicyclic) bond motifs is 5. The van der Waals surface area contributed by atoms with Crippen LogP contribution in [-0.2, 0) is 9.59 Å². The Bertz CT molecular complexity index is 592. The molecule has 0 radical (unpaired) electrons. The Morgan fingerprint density at radius 3 is 2.65 bits per heavy atom. The normalized spacial score (nSPS) is 49.0. The third-order valence-corrected chi connectivity index (χ3v) is 8.03. The quantitative estimate of drug-likeness (QED) is 0.806. The highest BCUT2D eigenvalue weighted by atomic mass is 16.3. The maximum Gasteiger partial charge on any atom is 0.161 e. The van der Waals surface area contributed by atoms with Crippen LogP contribution in [0.1, 0.15) is 65.2 Å². The van der Waals surface area contributed by atoms with Gasteiger partial charge in [-0.3, -0.25) is 9.59 Å². The molecule has 0 aromatic carbocycles. The molecule has 4 rings (SSSR count). The number of ketones is 2. The van der Waals surface area contributed by atoms with Gasteiger partial charge in [-0.25, -0.2) is 0 Å². The topological polar surface area (TPSA) is 54.4 Å². The van der Waals surface area contributed by atoms with Crippen LogP contribution in [0.2, 0.25) is 0 Å². The number of rotatable bonds is 1. The Morgan fingerprint density at radius 2 is 1.91 bits per heavy atom. The van der Waals surface area contributed by atoms with Crippen molar-refractivity contribution in [3.8, 4) is 0 Å². The SMILES string of the molecule is CC(=O)[C@@]1(O)CC[C@H]2[C@@H]3CCC4=CC(=O)CCC4[C@H]3CC[C@@]21C. The third kappa shape index (κ3) is 1.98. The summed E-state index contributed by atoms with van der Waals surface area (Å²) >= 11 is 0. The van der Waals surface area contributed by atoms with E-state index in [0.29, 0.717) is 42.3 Å². The maximum atomic E-state index is 12.2. The van der Waals surface area contributed by atoms with Crippen molar-refractivity contribution < 1.29 is 14.7 Å². The molecule has 126 valence electrons. The molecule has 0 bridgehead atoms. The van der Waals surface area contributed by atoms with Crippen molar-refractivity contribution >= 4 is 11.6 Å². The molecule has 23 heavy (non-hydrogen) atoms. The fourth-order valence-corrected chi connectivity index (χ4v) is 6.78. The zero-order valence-corrected chi connectivity index (χ0v) is 14.3. The first-order chi connectivity index (χ1) is 10.9. The van der Waals surface area contributed by atoms with E-state index in [1.807, 2.05) is 6.08 Å². The monoisotopic (exact) mass is 316 g/mol. The Labute approximate surface area is 138 Å². The van der Waals surface area contributed by atoms with E-state index in [1.165, 1.54) is 5.57 Å². The zero-order valence-electron chi connectivity index (χ0n) is 14.3. The lowest BCUT2D eigenvalue weighted by atomic mass is 9.50. The van der Waals surface area contributed by atoms with E-state index >= 15 is 0 Å². The van der Waals surface area contributed by atoms with E-state index in [0.717, 1.165) is 38.5 Å². The van der Waals surface area contributed by atoms with Crippen LogP contribution in [0.25, 0.3) is 0 Å². The molecular weight excluding hydrogens is 288 g/mol. The van der Waals surface area contributed by atoms with Crippen LogP contribution in [0.3, 0.4) is 0 Å². The first-order valence-electron chi connectivity index (χ1n) is 9.33. The van der Waals surface area contributed by atoms with Crippen molar-refractivity contribution in [3.05, 3.63) is 11.6 Å². The molecule has 4 aliphatic rings. The largest absolute Gasteiger partial charge is 0.382 e. The summed E-state index contributed by atoms with van der Waals surface area (Å²) in [6.07, 6.45) is 9.51. The summed E-state index contributed by atoms with van der Waals surface area (Å²) in [6, 6.07) is 0. The van der Waals surface area contributed by atoms with E-state index in [-0.39, 0.29) is 11.2 Å². The van der Waals surface area contributed by atoms with Crippen molar-refractivity contribution in [2.45, 2.75) is 70.8 Å². The molecule has 0 aromatic heterocycles. The Kier molecular flexibility index (Phi) is 3.39. The van der Waals surface area contributed by atoms with Crippen molar-refractivity contribution in [1.82, 2.24) is 0 Å². The van der Waals surface area contributed by atoms with Crippen LogP contribution >= 0.6 is 0 Å². The van der Waals surface area contributed by atoms with Crippen LogP contribution in [-0.4, -0.2) is 22.3 Å². The first kappa shape index (κ1) is 15.6. The van der Waals surface area contributed by atoms with Crippen LogP contribution in [0, 0.1) is 29.1 Å². The molecule has 0 heterocycles. The predicted molar refractivity (Wildman–Crippen MR) is 87.7 cm³/mol. The van der Waals surface area contributed by atoms with Crippen LogP contribution in [0.4, 0.5) is 0 Å². The second kappa shape index (κ2) is 5.02. The number of hydrogen-bond acceptors (Lipinski definition) is 3. The summed E-state index contributed by atoms with van der Waals surface area (Å²) in [4.78, 5) is 23.9. The molecule has 1 N–H and O–H groups in total. The van der Waals surface area contributed by atoms with Crippen molar-refractivity contribution in [3.63, 3.8) is 0 Å². The molecule has 0 amide bonds. The zero-order chi connectivity index (χ0) is 16.4. The molecule has 0 aliphatic heterocycles. The minimum atomic E-state index is -1.11. The van der Waals surface area contributed by atoms with Crippen molar-refractivity contribution in [1.29, 1.82) is 0 Å². The van der Waals surface area contributed by atoms with Gasteiger partial charge in [0, 0.05) is 11.8 Å². The molecule has 1 unspecified atom stereocenters. The summed E-state index contributed by atoms with van der Waals surface area (Å²) in [7, 11) is 0. The van der Waals surface area contributed by atoms with Gasteiger partial charge in [-0.05, 0) is 81.6 Å². The van der Waals surface area contributed by atoms with E-state index in [1.54, 1.807) is 6.92 Å². The highest BCUT2D eigenvalue weighted by Crippen LogP contribution is 2.64. The van der Waals surface area contributed by atoms with Gasteiger partial charge in [0.2, 0.25) is 0 Å². The van der Waals surface area contributed by atoms with E-state index < -0.39 is 5.60 Å². The number of carbonyl (C=O) groups excluding carboxylic acids is 2. The summed E-state index contributed by atoms with van der Waals surface area (Å²) in [5, 5.41) is 11.1. The fraction of sp³-hybridized carbons (Fsp3) is 0.800. The van der Waals surface area contributed by atoms with Gasteiger partial charge >= 0.3 is 0 Å². The molecule has 3 nitrogen and oxygen atoms in total. The van der Waals surface area contributed by atoms with Crippen LogP contribution in [0.5, 0.6) is 0 Å². The van der Waals surface area contributed by atoms with Crippen LogP contribution in [0.15, 0.2) is 11.6 Å². The summed E-state index contributed by atoms with van der Waals surface area (Å²) < 4.78 is 0. The van der Waals surface area contributed by atoms with E-state index in [2.05, 4.69) is 6.92 Å². The predicted octanol–water partition coefficient (Wildman–Crippen LogP) is 3.45. The van der Waals surface area contributed by atoms with Crippen LogP contribution < -0.4 is 0 Å². The lowest BCUT2D eigenvalue weighted by molar-refractivity contribution is -0.157. The maximum absolute atomic E-state index is 12.2. The van der Waals surface area contributed by atoms with Gasteiger partial charge in [0.1, 0.15) is 5.60 Å². The smallest absolute Gasteiger partial charge is 0.161 e. The molecule has 0 saturated heterocycles. The van der Waals surface area contributed by atoms with E-state index in [4.69, 9.17) is 0 Å².